The number of nitriles is 1. The Labute approximate surface area is 156 Å². The average molecular weight is 381 g/mol. The molecule has 0 spiro atoms. The van der Waals surface area contributed by atoms with E-state index in [-0.39, 0.29) is 11.7 Å². The summed E-state index contributed by atoms with van der Waals surface area (Å²) in [7, 11) is 1.65. The molecule has 2 aromatic rings. The second-order valence-corrected chi connectivity index (χ2v) is 6.72. The summed E-state index contributed by atoms with van der Waals surface area (Å²) in [6.07, 6.45) is 0.342. The number of halogens is 1. The van der Waals surface area contributed by atoms with Crippen LogP contribution in [0.15, 0.2) is 23.4 Å². The zero-order chi connectivity index (χ0) is 18.2. The Morgan fingerprint density at radius 2 is 2.32 bits per heavy atom. The Morgan fingerprint density at radius 3 is 3.00 bits per heavy atom. The molecule has 8 heteroatoms. The number of fused-ring (bicyclic) bond motifs is 1. The van der Waals surface area contributed by atoms with Gasteiger partial charge in [-0.05, 0) is 25.1 Å². The van der Waals surface area contributed by atoms with Gasteiger partial charge in [-0.2, -0.15) is 5.26 Å². The highest BCUT2D eigenvalue weighted by Crippen LogP contribution is 2.26. The van der Waals surface area contributed by atoms with E-state index in [1.165, 1.54) is 11.8 Å². The minimum atomic E-state index is 0.00568. The fourth-order valence-electron chi connectivity index (χ4n) is 2.45. The van der Waals surface area contributed by atoms with Crippen molar-refractivity contribution in [2.75, 3.05) is 32.6 Å². The second kappa shape index (κ2) is 9.66. The van der Waals surface area contributed by atoms with Crippen LogP contribution in [-0.2, 0) is 16.1 Å². The van der Waals surface area contributed by atoms with Crippen LogP contribution in [0.3, 0.4) is 0 Å². The summed E-state index contributed by atoms with van der Waals surface area (Å²) in [4.78, 5) is 18.7. The van der Waals surface area contributed by atoms with Gasteiger partial charge in [-0.25, -0.2) is 4.98 Å². The Hall–Kier alpha value is -1.75. The van der Waals surface area contributed by atoms with E-state index in [0.717, 1.165) is 16.2 Å². The Morgan fingerprint density at radius 1 is 1.52 bits per heavy atom. The fraction of sp³-hybridized carbons (Fsp3) is 0.471. The minimum Gasteiger partial charge on any atom is -0.383 e. The molecule has 0 radical (unpaired) electrons. The number of aromatic nitrogens is 2. The molecule has 25 heavy (non-hydrogen) atoms. The van der Waals surface area contributed by atoms with Gasteiger partial charge in [-0.3, -0.25) is 4.79 Å². The highest BCUT2D eigenvalue weighted by Gasteiger charge is 2.16. The second-order valence-electron chi connectivity index (χ2n) is 5.34. The molecule has 1 aromatic heterocycles. The van der Waals surface area contributed by atoms with E-state index in [9.17, 15) is 4.79 Å². The van der Waals surface area contributed by atoms with Gasteiger partial charge in [0.15, 0.2) is 5.16 Å². The largest absolute Gasteiger partial charge is 0.383 e. The molecule has 0 aliphatic rings. The van der Waals surface area contributed by atoms with Crippen LogP contribution in [0.4, 0.5) is 0 Å². The van der Waals surface area contributed by atoms with Gasteiger partial charge in [0.05, 0.1) is 35.9 Å². The number of carbonyl (C=O) groups is 1. The monoisotopic (exact) mass is 380 g/mol. The molecule has 0 N–H and O–H groups in total. The molecule has 0 unspecified atom stereocenters. The molecule has 0 saturated heterocycles. The van der Waals surface area contributed by atoms with Gasteiger partial charge in [0.2, 0.25) is 5.91 Å². The molecule has 6 nitrogen and oxygen atoms in total. The number of rotatable bonds is 9. The van der Waals surface area contributed by atoms with Gasteiger partial charge in [-0.1, -0.05) is 23.4 Å². The minimum absolute atomic E-state index is 0.00568. The number of hydrogen-bond donors (Lipinski definition) is 0. The van der Waals surface area contributed by atoms with Gasteiger partial charge < -0.3 is 14.2 Å². The van der Waals surface area contributed by atoms with Crippen molar-refractivity contribution in [3.8, 4) is 6.07 Å². The number of ether oxygens (including phenoxy) is 1. The Balaban J connectivity index is 2.16. The van der Waals surface area contributed by atoms with E-state index in [1.807, 2.05) is 29.7 Å². The van der Waals surface area contributed by atoms with Crippen molar-refractivity contribution in [3.05, 3.63) is 23.2 Å². The number of carbonyl (C=O) groups excluding carboxylic acids is 1. The third-order valence-corrected chi connectivity index (χ3v) is 4.94. The zero-order valence-corrected chi connectivity index (χ0v) is 15.9. The maximum Gasteiger partial charge on any atom is 0.233 e. The number of amides is 1. The van der Waals surface area contributed by atoms with Crippen LogP contribution in [0.25, 0.3) is 11.0 Å². The van der Waals surface area contributed by atoms with E-state index < -0.39 is 0 Å². The fourth-order valence-corrected chi connectivity index (χ4v) is 3.56. The molecule has 2 rings (SSSR count). The van der Waals surface area contributed by atoms with E-state index in [2.05, 4.69) is 11.1 Å². The number of methoxy groups -OCH3 is 1. The number of thioether (sulfide) groups is 1. The third-order valence-electron chi connectivity index (χ3n) is 3.75. The van der Waals surface area contributed by atoms with E-state index in [4.69, 9.17) is 21.6 Å². The van der Waals surface area contributed by atoms with E-state index >= 15 is 0 Å². The van der Waals surface area contributed by atoms with Crippen LogP contribution >= 0.6 is 23.4 Å². The van der Waals surface area contributed by atoms with Crippen molar-refractivity contribution < 1.29 is 9.53 Å². The van der Waals surface area contributed by atoms with Gasteiger partial charge in [-0.15, -0.1) is 0 Å². The Kier molecular flexibility index (Phi) is 7.56. The summed E-state index contributed by atoms with van der Waals surface area (Å²) in [6.45, 7) is 4.17. The highest BCUT2D eigenvalue weighted by molar-refractivity contribution is 7.99. The van der Waals surface area contributed by atoms with Gasteiger partial charge in [0.25, 0.3) is 0 Å². The van der Waals surface area contributed by atoms with Crippen LogP contribution in [0.1, 0.15) is 13.3 Å². The number of imidazole rings is 1. The standard InChI is InChI=1S/C17H21ClN4O2S/c1-3-21(8-4-7-19)16(23)12-25-17-20-14-11-13(18)5-6-15(14)22(17)9-10-24-2/h5-6,11H,3-4,8-10,12H2,1-2H3. The molecule has 1 aromatic carbocycles. The molecular weight excluding hydrogens is 360 g/mol. The summed E-state index contributed by atoms with van der Waals surface area (Å²) in [5, 5.41) is 10.1. The normalized spacial score (nSPS) is 10.8. The molecule has 0 atom stereocenters. The molecule has 0 saturated carbocycles. The van der Waals surface area contributed by atoms with Crippen LogP contribution in [0.2, 0.25) is 5.02 Å². The Bertz CT molecular complexity index is 772. The predicted octanol–water partition coefficient (Wildman–Crippen LogP) is 3.19. The summed E-state index contributed by atoms with van der Waals surface area (Å²) in [5.74, 6) is 0.287. The van der Waals surface area contributed by atoms with Gasteiger partial charge in [0.1, 0.15) is 0 Å². The summed E-state index contributed by atoms with van der Waals surface area (Å²) in [6, 6.07) is 7.65. The maximum absolute atomic E-state index is 12.4. The molecule has 134 valence electrons. The van der Waals surface area contributed by atoms with E-state index in [0.29, 0.717) is 37.7 Å². The first kappa shape index (κ1) is 19.6. The van der Waals surface area contributed by atoms with Crippen LogP contribution in [-0.4, -0.2) is 52.9 Å². The van der Waals surface area contributed by atoms with Crippen molar-refractivity contribution >= 4 is 40.3 Å². The van der Waals surface area contributed by atoms with Crippen molar-refractivity contribution in [2.24, 2.45) is 0 Å². The van der Waals surface area contributed by atoms with Gasteiger partial charge >= 0.3 is 0 Å². The number of hydrogen-bond acceptors (Lipinski definition) is 5. The van der Waals surface area contributed by atoms with Crippen LogP contribution in [0, 0.1) is 11.3 Å². The first-order chi connectivity index (χ1) is 12.1. The third kappa shape index (κ3) is 5.11. The maximum atomic E-state index is 12.4. The summed E-state index contributed by atoms with van der Waals surface area (Å²) >= 11 is 7.45. The van der Waals surface area contributed by atoms with Crippen molar-refractivity contribution in [2.45, 2.75) is 25.0 Å². The molecule has 0 aliphatic heterocycles. The molecule has 1 heterocycles. The van der Waals surface area contributed by atoms with E-state index in [1.54, 1.807) is 12.0 Å². The molecule has 1 amide bonds. The van der Waals surface area contributed by atoms with Crippen molar-refractivity contribution in [3.63, 3.8) is 0 Å². The number of nitrogens with zero attached hydrogens (tertiary/aromatic N) is 4. The lowest BCUT2D eigenvalue weighted by atomic mass is 10.3. The molecule has 0 bridgehead atoms. The SMILES string of the molecule is CCN(CCC#N)C(=O)CSc1nc2cc(Cl)ccc2n1CCOC. The zero-order valence-electron chi connectivity index (χ0n) is 14.4. The van der Waals surface area contributed by atoms with Crippen molar-refractivity contribution in [1.82, 2.24) is 14.5 Å². The lowest BCUT2D eigenvalue weighted by molar-refractivity contribution is -0.128. The quantitative estimate of drug-likeness (QED) is 0.625. The van der Waals surface area contributed by atoms with Crippen LogP contribution in [0.5, 0.6) is 0 Å². The predicted molar refractivity (Wildman–Crippen MR) is 99.8 cm³/mol. The number of benzene rings is 1. The summed E-state index contributed by atoms with van der Waals surface area (Å²) < 4.78 is 7.22. The average Bonchev–Trinajstić information content (AvgIpc) is 2.95. The molecule has 0 fully saturated rings. The van der Waals surface area contributed by atoms with Crippen LogP contribution < -0.4 is 0 Å². The first-order valence-corrected chi connectivity index (χ1v) is 9.39. The topological polar surface area (TPSA) is 71.2 Å². The summed E-state index contributed by atoms with van der Waals surface area (Å²) in [5.41, 5.74) is 1.77. The highest BCUT2D eigenvalue weighted by atomic mass is 35.5. The van der Waals surface area contributed by atoms with Crippen molar-refractivity contribution in [1.29, 1.82) is 5.26 Å². The first-order valence-electron chi connectivity index (χ1n) is 8.03. The molecule has 0 aliphatic carbocycles. The van der Waals surface area contributed by atoms with Gasteiger partial charge in [0, 0.05) is 31.8 Å². The molecular formula is C17H21ClN4O2S. The lowest BCUT2D eigenvalue weighted by Crippen LogP contribution is -2.33. The smallest absolute Gasteiger partial charge is 0.233 e. The lowest BCUT2D eigenvalue weighted by Gasteiger charge is -2.19.